The van der Waals surface area contributed by atoms with E-state index in [1.807, 2.05) is 88.7 Å². The molecule has 6 heterocycles. The van der Waals surface area contributed by atoms with Gasteiger partial charge in [0.15, 0.2) is 0 Å². The van der Waals surface area contributed by atoms with Crippen LogP contribution in [0.2, 0.25) is 51.4 Å². The summed E-state index contributed by atoms with van der Waals surface area (Å²) in [4.78, 5) is 11.9. The molecule has 3 N–H and O–H groups in total. The lowest BCUT2D eigenvalue weighted by Crippen LogP contribution is -2.29. The van der Waals surface area contributed by atoms with Crippen LogP contribution >= 0.6 is 22.6 Å². The fraction of sp³-hybridized carbons (Fsp3) is 0.182. The molecule has 6 aromatic carbocycles. The number of aromatic amines is 1. The summed E-state index contributed by atoms with van der Waals surface area (Å²) in [6.45, 7) is 16.8. The van der Waals surface area contributed by atoms with Crippen LogP contribution in [0, 0.1) is 3.57 Å². The fourth-order valence-electron chi connectivity index (χ4n) is 9.02. The van der Waals surface area contributed by atoms with Crippen LogP contribution in [0.3, 0.4) is 0 Å². The zero-order valence-electron chi connectivity index (χ0n) is 47.8. The standard InChI is InChI=1S/C24H27N3OSi.C19H23IN2OSi.C18H13N3.C5H6BNO2/c1-29(2,3)16-15-28-18-27-23-10-9-21(19-11-13-25-14-12-19)17-22(23)24(26-27)20-7-5-4-6-8-20;1-24(2,3)12-11-23-14-22-18-10-9-16(20)13-17(18)19(21-22)15-7-5-4-6-8-15;1-2-4-14(5-3-1)18-16-12-15(6-7-17(16)20-21-18)13-8-10-19-11-9-13;8-6(9)5-1-3-7-4-2-5/h4-14,17H,15-16,18H2,1-3H3;4-10,13H,11-12,14H2,1-3H3;1-12H,(H,20,21);1-4,8-9H. The van der Waals surface area contributed by atoms with E-state index in [0.717, 1.165) is 97.0 Å². The molecule has 0 unspecified atom stereocenters. The first kappa shape index (κ1) is 59.9. The number of halogens is 1. The minimum Gasteiger partial charge on any atom is -0.423 e. The number of ether oxygens (including phenoxy) is 2. The number of nitrogens with one attached hydrogen (secondary N) is 1. The van der Waals surface area contributed by atoms with Gasteiger partial charge in [0.05, 0.1) is 22.2 Å². The maximum Gasteiger partial charge on any atom is 0.488 e. The first-order chi connectivity index (χ1) is 40.2. The Morgan fingerprint density at radius 1 is 0.446 bits per heavy atom. The lowest BCUT2D eigenvalue weighted by atomic mass is 9.81. The Labute approximate surface area is 501 Å². The van der Waals surface area contributed by atoms with Crippen molar-refractivity contribution in [2.45, 2.75) is 64.8 Å². The minimum absolute atomic E-state index is 0.463. The second-order valence-corrected chi connectivity index (χ2v) is 34.8. The van der Waals surface area contributed by atoms with Crippen LogP contribution in [0.25, 0.3) is 88.7 Å². The summed E-state index contributed by atoms with van der Waals surface area (Å²) in [6.07, 6.45) is 10.3. The minimum atomic E-state index is -1.38. The van der Waals surface area contributed by atoms with Gasteiger partial charge in [0.25, 0.3) is 0 Å². The van der Waals surface area contributed by atoms with Crippen LogP contribution in [-0.2, 0) is 22.9 Å². The second kappa shape index (κ2) is 28.5. The van der Waals surface area contributed by atoms with Crippen molar-refractivity contribution in [1.82, 2.24) is 44.7 Å². The number of rotatable bonds is 16. The highest BCUT2D eigenvalue weighted by molar-refractivity contribution is 14.1. The molecule has 0 spiro atoms. The number of aromatic nitrogens is 9. The van der Waals surface area contributed by atoms with Gasteiger partial charge in [0.1, 0.15) is 24.8 Å². The molecule has 0 radical (unpaired) electrons. The summed E-state index contributed by atoms with van der Waals surface area (Å²) < 4.78 is 17.1. The van der Waals surface area contributed by atoms with E-state index in [1.54, 1.807) is 12.1 Å². The van der Waals surface area contributed by atoms with E-state index in [2.05, 4.69) is 202 Å². The van der Waals surface area contributed by atoms with Gasteiger partial charge in [-0.15, -0.1) is 0 Å². The molecule has 0 saturated carbocycles. The molecule has 83 heavy (non-hydrogen) atoms. The van der Waals surface area contributed by atoms with Crippen molar-refractivity contribution >= 4 is 84.0 Å². The monoisotopic (exact) mass is 1250 g/mol. The van der Waals surface area contributed by atoms with E-state index in [-0.39, 0.29) is 0 Å². The van der Waals surface area contributed by atoms with Crippen molar-refractivity contribution in [3.8, 4) is 56.0 Å². The summed E-state index contributed by atoms with van der Waals surface area (Å²) in [6, 6.07) is 63.8. The maximum absolute atomic E-state index is 8.55. The van der Waals surface area contributed by atoms with Crippen LogP contribution in [0.5, 0.6) is 0 Å². The van der Waals surface area contributed by atoms with Gasteiger partial charge in [-0.25, -0.2) is 9.36 Å². The Bertz CT molecular complexity index is 3940. The Hall–Kier alpha value is -7.75. The van der Waals surface area contributed by atoms with E-state index in [1.165, 1.54) is 33.0 Å². The van der Waals surface area contributed by atoms with E-state index in [4.69, 9.17) is 29.7 Å². The lowest BCUT2D eigenvalue weighted by molar-refractivity contribution is 0.0818. The molecule has 0 aliphatic rings. The van der Waals surface area contributed by atoms with E-state index < -0.39 is 23.3 Å². The van der Waals surface area contributed by atoms with Crippen molar-refractivity contribution in [2.75, 3.05) is 13.2 Å². The molecule has 0 saturated heterocycles. The third kappa shape index (κ3) is 16.7. The molecule has 0 aliphatic carbocycles. The SMILES string of the molecule is C[Si](C)(C)CCOCn1nc(-c2ccccc2)c2cc(-c3ccncc3)ccc21.C[Si](C)(C)CCOCn1nc(-c2ccccc2)c2cc(I)ccc21.OB(O)c1ccncc1.c1ccc(-c2n[nH]c3ccc(-c4ccncc4)cc23)cc1. The number of fused-ring (bicyclic) bond motifs is 3. The van der Waals surface area contributed by atoms with Crippen molar-refractivity contribution in [3.05, 3.63) is 223 Å². The highest BCUT2D eigenvalue weighted by Gasteiger charge is 2.18. The third-order valence-corrected chi connectivity index (χ3v) is 17.7. The number of hydrogen-bond donors (Lipinski definition) is 3. The van der Waals surface area contributed by atoms with Crippen molar-refractivity contribution in [2.24, 2.45) is 0 Å². The van der Waals surface area contributed by atoms with E-state index in [9.17, 15) is 0 Å². The number of benzene rings is 6. The average molecular weight is 1250 g/mol. The zero-order chi connectivity index (χ0) is 58.2. The Morgan fingerprint density at radius 3 is 1.30 bits per heavy atom. The van der Waals surface area contributed by atoms with Crippen molar-refractivity contribution in [1.29, 1.82) is 0 Å². The molecule has 17 heteroatoms. The first-order valence-electron chi connectivity index (χ1n) is 27.7. The van der Waals surface area contributed by atoms with Crippen LogP contribution < -0.4 is 5.46 Å². The third-order valence-electron chi connectivity index (χ3n) is 13.6. The van der Waals surface area contributed by atoms with Gasteiger partial charge in [-0.3, -0.25) is 20.1 Å². The van der Waals surface area contributed by atoms with Gasteiger partial charge in [0.2, 0.25) is 0 Å². The lowest BCUT2D eigenvalue weighted by Gasteiger charge is -2.15. The van der Waals surface area contributed by atoms with Crippen molar-refractivity contribution in [3.63, 3.8) is 0 Å². The molecule has 6 aromatic heterocycles. The molecule has 0 amide bonds. The Balaban J connectivity index is 0.000000140. The molecule has 0 bridgehead atoms. The van der Waals surface area contributed by atoms with Gasteiger partial charge < -0.3 is 19.5 Å². The number of nitrogens with zero attached hydrogens (tertiary/aromatic N) is 8. The Kier molecular flexibility index (Phi) is 20.5. The fourth-order valence-corrected chi connectivity index (χ4v) is 11.0. The van der Waals surface area contributed by atoms with Crippen LogP contribution in [0.15, 0.2) is 219 Å². The topological polar surface area (TPSA) is 162 Å². The molecule has 12 aromatic rings. The molecule has 12 rings (SSSR count). The summed E-state index contributed by atoms with van der Waals surface area (Å²) >= 11 is 2.35. The smallest absolute Gasteiger partial charge is 0.423 e. The normalized spacial score (nSPS) is 11.3. The summed E-state index contributed by atoms with van der Waals surface area (Å²) in [7, 11) is -3.54. The van der Waals surface area contributed by atoms with Crippen LogP contribution in [0.1, 0.15) is 0 Å². The van der Waals surface area contributed by atoms with Gasteiger partial charge in [-0.1, -0.05) is 142 Å². The van der Waals surface area contributed by atoms with Gasteiger partial charge >= 0.3 is 7.12 Å². The second-order valence-electron chi connectivity index (χ2n) is 22.3. The van der Waals surface area contributed by atoms with Crippen molar-refractivity contribution < 1.29 is 19.5 Å². The summed E-state index contributed by atoms with van der Waals surface area (Å²) in [5, 5.41) is 37.9. The number of hydrogen-bond acceptors (Lipinski definition) is 10. The van der Waals surface area contributed by atoms with Crippen LogP contribution in [-0.4, -0.2) is 91.2 Å². The number of pyridine rings is 3. The largest absolute Gasteiger partial charge is 0.488 e. The Morgan fingerprint density at radius 2 is 0.855 bits per heavy atom. The summed E-state index contributed by atoms with van der Waals surface area (Å²) in [5.74, 6) is 0. The van der Waals surface area contributed by atoms with E-state index >= 15 is 0 Å². The molecule has 0 atom stereocenters. The predicted molar refractivity (Wildman–Crippen MR) is 353 cm³/mol. The molecular formula is C66H69BIN9O4Si2. The molecule has 0 aliphatic heterocycles. The predicted octanol–water partition coefficient (Wildman–Crippen LogP) is 14.8. The van der Waals surface area contributed by atoms with Gasteiger partial charge in [0, 0.05) is 103 Å². The van der Waals surface area contributed by atoms with Gasteiger partial charge in [-0.2, -0.15) is 15.3 Å². The highest BCUT2D eigenvalue weighted by atomic mass is 127. The van der Waals surface area contributed by atoms with Crippen LogP contribution in [0.4, 0.5) is 0 Å². The molecule has 0 fully saturated rings. The highest BCUT2D eigenvalue weighted by Crippen LogP contribution is 2.34. The average Bonchev–Trinajstić information content (AvgIpc) is 4.40. The number of H-pyrrole nitrogens is 1. The first-order valence-corrected chi connectivity index (χ1v) is 36.2. The molecular weight excluding hydrogens is 1180 g/mol. The quantitative estimate of drug-likeness (QED) is 0.0482. The zero-order valence-corrected chi connectivity index (χ0v) is 51.9. The van der Waals surface area contributed by atoms with Gasteiger partial charge in [-0.05, 0) is 141 Å². The molecule has 420 valence electrons. The maximum atomic E-state index is 8.55. The molecule has 13 nitrogen and oxygen atoms in total. The summed E-state index contributed by atoms with van der Waals surface area (Å²) in [5.41, 5.74) is 14.8. The van der Waals surface area contributed by atoms with E-state index in [0.29, 0.717) is 18.9 Å².